The van der Waals surface area contributed by atoms with Crippen molar-refractivity contribution in [3.8, 4) is 5.75 Å². The molecule has 1 aromatic carbocycles. The van der Waals surface area contributed by atoms with E-state index in [-0.39, 0.29) is 12.6 Å². The summed E-state index contributed by atoms with van der Waals surface area (Å²) in [5, 5.41) is 0. The van der Waals surface area contributed by atoms with Crippen LogP contribution in [0, 0.1) is 0 Å². The van der Waals surface area contributed by atoms with E-state index in [2.05, 4.69) is 0 Å². The molecular weight excluding hydrogens is 268 g/mol. The van der Waals surface area contributed by atoms with Crippen molar-refractivity contribution < 1.29 is 23.0 Å². The molecule has 114 valence electrons. The number of hydrogen-bond donors (Lipinski definition) is 1. The minimum absolute atomic E-state index is 0.192. The molecule has 0 saturated heterocycles. The zero-order valence-electron chi connectivity index (χ0n) is 11.6. The van der Waals surface area contributed by atoms with Gasteiger partial charge >= 0.3 is 0 Å². The minimum Gasteiger partial charge on any atom is -0.491 e. The third-order valence-electron chi connectivity index (χ3n) is 2.68. The Kier molecular flexibility index (Phi) is 8.10. The second kappa shape index (κ2) is 9.63. The van der Waals surface area contributed by atoms with E-state index in [1.807, 2.05) is 24.3 Å². The molecule has 1 unspecified atom stereocenters. The first kappa shape index (κ1) is 16.8. The van der Waals surface area contributed by atoms with Crippen LogP contribution in [0.2, 0.25) is 0 Å². The lowest BCUT2D eigenvalue weighted by molar-refractivity contribution is 0.0151. The van der Waals surface area contributed by atoms with Crippen LogP contribution < -0.4 is 10.5 Å². The Morgan fingerprint density at radius 3 is 2.60 bits per heavy atom. The largest absolute Gasteiger partial charge is 0.491 e. The maximum absolute atomic E-state index is 11.9. The molecule has 0 amide bonds. The lowest BCUT2D eigenvalue weighted by Gasteiger charge is -2.17. The fraction of sp³-hybridized carbons (Fsp3) is 0.571. The predicted molar refractivity (Wildman–Crippen MR) is 72.2 cm³/mol. The predicted octanol–water partition coefficient (Wildman–Crippen LogP) is 2.38. The number of para-hydroxylation sites is 1. The first-order chi connectivity index (χ1) is 9.65. The number of nitrogens with two attached hydrogens (primary N) is 1. The van der Waals surface area contributed by atoms with Crippen LogP contribution in [-0.4, -0.2) is 40.0 Å². The summed E-state index contributed by atoms with van der Waals surface area (Å²) in [5.74, 6) is 0.686. The Bertz CT molecular complexity index is 377. The number of halogens is 2. The molecule has 6 heteroatoms. The Morgan fingerprint density at radius 1 is 1.15 bits per heavy atom. The number of rotatable bonds is 10. The summed E-state index contributed by atoms with van der Waals surface area (Å²) in [7, 11) is 1.60. The molecule has 2 N–H and O–H groups in total. The van der Waals surface area contributed by atoms with E-state index in [0.29, 0.717) is 25.4 Å². The number of benzene rings is 1. The maximum Gasteiger partial charge on any atom is 0.261 e. The third-order valence-corrected chi connectivity index (χ3v) is 2.68. The van der Waals surface area contributed by atoms with Crippen LogP contribution in [0.5, 0.6) is 5.75 Å². The molecular formula is C14H21F2NO3. The Morgan fingerprint density at radius 2 is 1.90 bits per heavy atom. The monoisotopic (exact) mass is 289 g/mol. The minimum atomic E-state index is -2.45. The van der Waals surface area contributed by atoms with Crippen molar-refractivity contribution in [3.05, 3.63) is 29.8 Å². The molecule has 0 aliphatic carbocycles. The van der Waals surface area contributed by atoms with Gasteiger partial charge in [-0.05, 0) is 12.5 Å². The Hall–Kier alpha value is -1.24. The zero-order valence-corrected chi connectivity index (χ0v) is 11.6. The second-order valence-electron chi connectivity index (χ2n) is 4.24. The normalized spacial score (nSPS) is 12.7. The molecule has 0 aromatic heterocycles. The summed E-state index contributed by atoms with van der Waals surface area (Å²) in [5.41, 5.74) is 6.88. The van der Waals surface area contributed by atoms with Crippen molar-refractivity contribution in [2.75, 3.05) is 33.5 Å². The fourth-order valence-corrected chi connectivity index (χ4v) is 1.69. The number of alkyl halides is 2. The van der Waals surface area contributed by atoms with Gasteiger partial charge in [-0.15, -0.1) is 0 Å². The first-order valence-corrected chi connectivity index (χ1v) is 6.47. The highest BCUT2D eigenvalue weighted by Crippen LogP contribution is 2.25. The molecule has 4 nitrogen and oxygen atoms in total. The van der Waals surface area contributed by atoms with Gasteiger partial charge in [-0.2, -0.15) is 0 Å². The van der Waals surface area contributed by atoms with Crippen molar-refractivity contribution in [1.82, 2.24) is 0 Å². The molecule has 1 aromatic rings. The van der Waals surface area contributed by atoms with Gasteiger partial charge in [0.1, 0.15) is 19.0 Å². The van der Waals surface area contributed by atoms with E-state index in [9.17, 15) is 8.78 Å². The van der Waals surface area contributed by atoms with Gasteiger partial charge in [0.15, 0.2) is 0 Å². The number of hydrogen-bond acceptors (Lipinski definition) is 4. The summed E-state index contributed by atoms with van der Waals surface area (Å²) >= 11 is 0. The molecule has 0 aliphatic rings. The van der Waals surface area contributed by atoms with Crippen LogP contribution in [-0.2, 0) is 9.47 Å². The molecule has 0 fully saturated rings. The molecule has 0 spiro atoms. The van der Waals surface area contributed by atoms with Crippen LogP contribution >= 0.6 is 0 Å². The van der Waals surface area contributed by atoms with Crippen LogP contribution in [0.1, 0.15) is 18.0 Å². The van der Waals surface area contributed by atoms with Crippen LogP contribution in [0.3, 0.4) is 0 Å². The first-order valence-electron chi connectivity index (χ1n) is 6.47. The zero-order chi connectivity index (χ0) is 14.8. The summed E-state index contributed by atoms with van der Waals surface area (Å²) in [6.45, 7) is 0.555. The summed E-state index contributed by atoms with van der Waals surface area (Å²) < 4.78 is 39.2. The topological polar surface area (TPSA) is 53.7 Å². The molecule has 20 heavy (non-hydrogen) atoms. The van der Waals surface area contributed by atoms with E-state index < -0.39 is 13.0 Å². The highest BCUT2D eigenvalue weighted by atomic mass is 19.3. The fourth-order valence-electron chi connectivity index (χ4n) is 1.69. The van der Waals surface area contributed by atoms with Crippen molar-refractivity contribution in [2.45, 2.75) is 18.9 Å². The maximum atomic E-state index is 11.9. The second-order valence-corrected chi connectivity index (χ2v) is 4.24. The van der Waals surface area contributed by atoms with Crippen LogP contribution in [0.15, 0.2) is 24.3 Å². The lowest BCUT2D eigenvalue weighted by Crippen LogP contribution is -2.16. The van der Waals surface area contributed by atoms with Gasteiger partial charge in [-0.1, -0.05) is 18.2 Å². The summed E-state index contributed by atoms with van der Waals surface area (Å²) in [6, 6.07) is 7.08. The van der Waals surface area contributed by atoms with Gasteiger partial charge in [0.25, 0.3) is 6.43 Å². The van der Waals surface area contributed by atoms with Crippen molar-refractivity contribution in [2.24, 2.45) is 5.73 Å². The van der Waals surface area contributed by atoms with E-state index in [1.165, 1.54) is 0 Å². The third kappa shape index (κ3) is 6.27. The molecule has 1 atom stereocenters. The van der Waals surface area contributed by atoms with Crippen LogP contribution in [0.25, 0.3) is 0 Å². The van der Waals surface area contributed by atoms with E-state index in [1.54, 1.807) is 7.11 Å². The van der Waals surface area contributed by atoms with Gasteiger partial charge in [0.2, 0.25) is 0 Å². The van der Waals surface area contributed by atoms with Crippen molar-refractivity contribution in [1.29, 1.82) is 0 Å². The van der Waals surface area contributed by atoms with E-state index in [0.717, 1.165) is 5.56 Å². The molecule has 1 rings (SSSR count). The smallest absolute Gasteiger partial charge is 0.261 e. The number of ether oxygens (including phenoxy) is 3. The van der Waals surface area contributed by atoms with Gasteiger partial charge < -0.3 is 19.9 Å². The van der Waals surface area contributed by atoms with E-state index >= 15 is 0 Å². The molecule has 0 aliphatic heterocycles. The SMILES string of the molecule is COCCOc1ccccc1C(N)CCOCC(F)F. The Labute approximate surface area is 117 Å². The average Bonchev–Trinajstić information content (AvgIpc) is 2.44. The Balaban J connectivity index is 2.47. The standard InChI is InChI=1S/C14H21F2NO3/c1-18-8-9-20-13-5-3-2-4-11(13)12(17)6-7-19-10-14(15)16/h2-5,12,14H,6-10,17H2,1H3. The quantitative estimate of drug-likeness (QED) is 0.672. The lowest BCUT2D eigenvalue weighted by atomic mass is 10.0. The molecule has 0 saturated carbocycles. The van der Waals surface area contributed by atoms with Crippen LogP contribution in [0.4, 0.5) is 8.78 Å². The van der Waals surface area contributed by atoms with Crippen molar-refractivity contribution in [3.63, 3.8) is 0 Å². The van der Waals surface area contributed by atoms with Gasteiger partial charge in [0, 0.05) is 25.3 Å². The highest BCUT2D eigenvalue weighted by molar-refractivity contribution is 5.35. The molecule has 0 heterocycles. The van der Waals surface area contributed by atoms with Crippen molar-refractivity contribution >= 4 is 0 Å². The summed E-state index contributed by atoms with van der Waals surface area (Å²) in [6.07, 6.45) is -1.99. The summed E-state index contributed by atoms with van der Waals surface area (Å²) in [4.78, 5) is 0. The van der Waals surface area contributed by atoms with Gasteiger partial charge in [0.05, 0.1) is 6.61 Å². The van der Waals surface area contributed by atoms with Gasteiger partial charge in [-0.25, -0.2) is 8.78 Å². The van der Waals surface area contributed by atoms with Gasteiger partial charge in [-0.3, -0.25) is 0 Å². The molecule has 0 bridgehead atoms. The highest BCUT2D eigenvalue weighted by Gasteiger charge is 2.12. The number of methoxy groups -OCH3 is 1. The molecule has 0 radical (unpaired) electrons. The van der Waals surface area contributed by atoms with E-state index in [4.69, 9.17) is 19.9 Å². The average molecular weight is 289 g/mol.